The number of nitrogens with two attached hydrogens (primary N) is 1. The molecule has 0 bridgehead atoms. The van der Waals surface area contributed by atoms with Gasteiger partial charge in [-0.3, -0.25) is 4.79 Å². The van der Waals surface area contributed by atoms with Crippen molar-refractivity contribution in [2.24, 2.45) is 0 Å². The molecule has 2 aromatic rings. The van der Waals surface area contributed by atoms with Crippen LogP contribution in [-0.2, 0) is 11.3 Å². The number of thiophene rings is 1. The number of anilines is 1. The number of benzene rings is 1. The first kappa shape index (κ1) is 19.0. The summed E-state index contributed by atoms with van der Waals surface area (Å²) in [5, 5.41) is 1.16. The van der Waals surface area contributed by atoms with Gasteiger partial charge >= 0.3 is 6.09 Å². The Morgan fingerprint density at radius 3 is 2.73 bits per heavy atom. The van der Waals surface area contributed by atoms with E-state index in [-0.39, 0.29) is 17.8 Å². The van der Waals surface area contributed by atoms with Crippen molar-refractivity contribution in [2.75, 3.05) is 18.9 Å². The first-order chi connectivity index (χ1) is 12.3. The second kappa shape index (κ2) is 7.47. The van der Waals surface area contributed by atoms with Gasteiger partial charge in [-0.25, -0.2) is 4.79 Å². The molecule has 0 saturated carbocycles. The number of halogens is 2. The van der Waals surface area contributed by atoms with E-state index in [9.17, 15) is 9.59 Å². The van der Waals surface area contributed by atoms with Crippen LogP contribution < -0.4 is 5.73 Å². The number of carbonyl (C=O) groups is 2. The molecule has 5 nitrogen and oxygen atoms in total. The average molecular weight is 413 g/mol. The van der Waals surface area contributed by atoms with Crippen LogP contribution in [0.25, 0.3) is 0 Å². The summed E-state index contributed by atoms with van der Waals surface area (Å²) in [5.41, 5.74) is 8.02. The lowest BCUT2D eigenvalue weighted by molar-refractivity contribution is 0.0995. The first-order valence-electron chi connectivity index (χ1n) is 8.15. The fourth-order valence-corrected chi connectivity index (χ4v) is 4.68. The van der Waals surface area contributed by atoms with Crippen LogP contribution in [0.2, 0.25) is 10.0 Å². The number of rotatable bonds is 3. The lowest BCUT2D eigenvalue weighted by Gasteiger charge is -2.30. The van der Waals surface area contributed by atoms with Crippen LogP contribution >= 0.6 is 34.5 Å². The average Bonchev–Trinajstić information content (AvgIpc) is 2.93. The SMILES string of the molecule is CCOC(=O)N1Cc2sc(N)c(C(=O)c3ccc(Cl)c(Cl)c3)c2C(C)C1. The molecule has 1 aromatic carbocycles. The Bertz CT molecular complexity index is 882. The number of amides is 1. The Hall–Kier alpha value is -1.76. The molecular weight excluding hydrogens is 395 g/mol. The largest absolute Gasteiger partial charge is 0.450 e. The van der Waals surface area contributed by atoms with Crippen molar-refractivity contribution in [3.63, 3.8) is 0 Å². The minimum absolute atomic E-state index is 0.0292. The van der Waals surface area contributed by atoms with Crippen molar-refractivity contribution in [3.05, 3.63) is 49.8 Å². The zero-order valence-corrected chi connectivity index (χ0v) is 16.7. The van der Waals surface area contributed by atoms with Crippen LogP contribution in [0.5, 0.6) is 0 Å². The van der Waals surface area contributed by atoms with Gasteiger partial charge in [-0.2, -0.15) is 0 Å². The monoisotopic (exact) mass is 412 g/mol. The van der Waals surface area contributed by atoms with Gasteiger partial charge in [0.05, 0.1) is 33.8 Å². The molecule has 2 heterocycles. The predicted molar refractivity (Wildman–Crippen MR) is 104 cm³/mol. The Balaban J connectivity index is 1.97. The minimum Gasteiger partial charge on any atom is -0.450 e. The van der Waals surface area contributed by atoms with E-state index in [1.165, 1.54) is 11.3 Å². The maximum atomic E-state index is 13.0. The van der Waals surface area contributed by atoms with Crippen LogP contribution in [0.3, 0.4) is 0 Å². The lowest BCUT2D eigenvalue weighted by atomic mass is 9.89. The third-order valence-corrected chi connectivity index (χ3v) is 6.06. The topological polar surface area (TPSA) is 72.6 Å². The quantitative estimate of drug-likeness (QED) is 0.724. The zero-order chi connectivity index (χ0) is 19.0. The Kier molecular flexibility index (Phi) is 5.46. The van der Waals surface area contributed by atoms with Crippen molar-refractivity contribution in [1.82, 2.24) is 4.90 Å². The molecule has 138 valence electrons. The standard InChI is InChI=1S/C18H18Cl2N2O3S/c1-3-25-18(24)22-7-9(2)14-13(8-22)26-17(21)15(14)16(23)10-4-5-11(19)12(20)6-10/h4-6,9H,3,7-8,21H2,1-2H3. The molecule has 1 aromatic heterocycles. The molecule has 0 spiro atoms. The molecule has 3 rings (SSSR count). The molecule has 26 heavy (non-hydrogen) atoms. The second-order valence-corrected chi connectivity index (χ2v) is 8.07. The molecular formula is C18H18Cl2N2O3S. The summed E-state index contributed by atoms with van der Waals surface area (Å²) in [6, 6.07) is 4.78. The summed E-state index contributed by atoms with van der Waals surface area (Å²) in [5.74, 6) is -0.214. The van der Waals surface area contributed by atoms with Crippen molar-refractivity contribution in [3.8, 4) is 0 Å². The summed E-state index contributed by atoms with van der Waals surface area (Å²) >= 11 is 13.3. The van der Waals surface area contributed by atoms with Gasteiger partial charge in [-0.1, -0.05) is 30.1 Å². The van der Waals surface area contributed by atoms with E-state index >= 15 is 0 Å². The Morgan fingerprint density at radius 1 is 1.35 bits per heavy atom. The first-order valence-corrected chi connectivity index (χ1v) is 9.73. The number of hydrogen-bond donors (Lipinski definition) is 1. The summed E-state index contributed by atoms with van der Waals surface area (Å²) in [6.45, 7) is 4.94. The highest BCUT2D eigenvalue weighted by molar-refractivity contribution is 7.16. The van der Waals surface area contributed by atoms with Gasteiger partial charge in [-0.15, -0.1) is 11.3 Å². The highest BCUT2D eigenvalue weighted by Crippen LogP contribution is 2.41. The molecule has 8 heteroatoms. The van der Waals surface area contributed by atoms with Gasteiger partial charge in [0.2, 0.25) is 0 Å². The van der Waals surface area contributed by atoms with Gasteiger partial charge in [0.15, 0.2) is 5.78 Å². The van der Waals surface area contributed by atoms with Crippen LogP contribution in [0, 0.1) is 0 Å². The van der Waals surface area contributed by atoms with E-state index in [2.05, 4.69) is 0 Å². The molecule has 1 amide bonds. The van der Waals surface area contributed by atoms with Crippen molar-refractivity contribution < 1.29 is 14.3 Å². The third-order valence-electron chi connectivity index (χ3n) is 4.31. The summed E-state index contributed by atoms with van der Waals surface area (Å²) in [7, 11) is 0. The number of fused-ring (bicyclic) bond motifs is 1. The van der Waals surface area contributed by atoms with Gasteiger partial charge in [0.1, 0.15) is 0 Å². The Labute approximate surface area is 165 Å². The molecule has 0 radical (unpaired) electrons. The van der Waals surface area contributed by atoms with Gasteiger partial charge in [0.25, 0.3) is 0 Å². The highest BCUT2D eigenvalue weighted by atomic mass is 35.5. The smallest absolute Gasteiger partial charge is 0.410 e. The van der Waals surface area contributed by atoms with E-state index in [0.29, 0.717) is 45.9 Å². The van der Waals surface area contributed by atoms with Crippen LogP contribution in [0.4, 0.5) is 9.80 Å². The number of nitrogen functional groups attached to an aromatic ring is 1. The molecule has 0 aliphatic carbocycles. The summed E-state index contributed by atoms with van der Waals surface area (Å²) < 4.78 is 5.09. The van der Waals surface area contributed by atoms with E-state index in [1.54, 1.807) is 30.0 Å². The summed E-state index contributed by atoms with van der Waals surface area (Å²) in [4.78, 5) is 27.7. The molecule has 2 N–H and O–H groups in total. The number of nitrogens with zero attached hydrogens (tertiary/aromatic N) is 1. The van der Waals surface area contributed by atoms with Gasteiger partial charge < -0.3 is 15.4 Å². The maximum absolute atomic E-state index is 13.0. The van der Waals surface area contributed by atoms with Crippen LogP contribution in [0.15, 0.2) is 18.2 Å². The summed E-state index contributed by atoms with van der Waals surface area (Å²) in [6.07, 6.45) is -0.352. The van der Waals surface area contributed by atoms with E-state index < -0.39 is 0 Å². The molecule has 1 atom stereocenters. The van der Waals surface area contributed by atoms with Crippen LogP contribution in [-0.4, -0.2) is 29.9 Å². The molecule has 0 fully saturated rings. The van der Waals surface area contributed by atoms with E-state index in [1.807, 2.05) is 6.92 Å². The highest BCUT2D eigenvalue weighted by Gasteiger charge is 2.34. The lowest BCUT2D eigenvalue weighted by Crippen LogP contribution is -2.37. The minimum atomic E-state index is -0.352. The van der Waals surface area contributed by atoms with Crippen molar-refractivity contribution >= 4 is 51.4 Å². The van der Waals surface area contributed by atoms with E-state index in [0.717, 1.165) is 10.4 Å². The number of ketones is 1. The molecule has 1 aliphatic rings. The van der Waals surface area contributed by atoms with Crippen LogP contribution in [0.1, 0.15) is 46.1 Å². The third kappa shape index (κ3) is 3.41. The van der Waals surface area contributed by atoms with Gasteiger partial charge in [-0.05, 0) is 30.7 Å². The fraction of sp³-hybridized carbons (Fsp3) is 0.333. The molecule has 0 saturated heterocycles. The molecule has 1 aliphatic heterocycles. The fourth-order valence-electron chi connectivity index (χ4n) is 3.18. The zero-order valence-electron chi connectivity index (χ0n) is 14.3. The van der Waals surface area contributed by atoms with E-state index in [4.69, 9.17) is 33.7 Å². The normalized spacial score (nSPS) is 16.3. The van der Waals surface area contributed by atoms with Gasteiger partial charge in [0, 0.05) is 22.9 Å². The number of ether oxygens (including phenoxy) is 1. The molecule has 1 unspecified atom stereocenters. The van der Waals surface area contributed by atoms with Crippen molar-refractivity contribution in [1.29, 1.82) is 0 Å². The van der Waals surface area contributed by atoms with Crippen molar-refractivity contribution in [2.45, 2.75) is 26.3 Å². The maximum Gasteiger partial charge on any atom is 0.410 e. The number of hydrogen-bond acceptors (Lipinski definition) is 5. The second-order valence-electron chi connectivity index (χ2n) is 6.12. The number of carbonyl (C=O) groups excluding carboxylic acids is 2. The Morgan fingerprint density at radius 2 is 2.08 bits per heavy atom. The predicted octanol–water partition coefficient (Wildman–Crippen LogP) is 4.94.